The van der Waals surface area contributed by atoms with Crippen LogP contribution in [-0.4, -0.2) is 27.8 Å². The number of hydrogen-bond acceptors (Lipinski definition) is 5. The van der Waals surface area contributed by atoms with Crippen molar-refractivity contribution in [3.05, 3.63) is 62.8 Å². The molecule has 0 fully saturated rings. The highest BCUT2D eigenvalue weighted by atomic mass is 32.2. The molecule has 5 rings (SSSR count). The van der Waals surface area contributed by atoms with Crippen molar-refractivity contribution in [3.63, 3.8) is 0 Å². The van der Waals surface area contributed by atoms with E-state index in [1.807, 2.05) is 30.3 Å². The number of benzene rings is 1. The Morgan fingerprint density at radius 1 is 1.09 bits per heavy atom. The van der Waals surface area contributed by atoms with Crippen molar-refractivity contribution in [2.24, 2.45) is 0 Å². The number of carbonyl (C=O) groups excluding carboxylic acids is 1. The highest BCUT2D eigenvalue weighted by Crippen LogP contribution is 2.35. The van der Waals surface area contributed by atoms with Crippen molar-refractivity contribution in [1.82, 2.24) is 14.9 Å². The Morgan fingerprint density at radius 2 is 1.91 bits per heavy atom. The SMILES string of the molecule is O=C(CSc1nc2sc3c(c2c(=O)n1-c1ccccc1)CCCC3)NCCC1=CCCCC1. The van der Waals surface area contributed by atoms with Gasteiger partial charge in [0.1, 0.15) is 4.83 Å². The zero-order valence-corrected chi connectivity index (χ0v) is 20.4. The zero-order chi connectivity index (χ0) is 22.6. The largest absolute Gasteiger partial charge is 0.355 e. The van der Waals surface area contributed by atoms with Gasteiger partial charge < -0.3 is 5.32 Å². The molecule has 1 amide bonds. The first-order chi connectivity index (χ1) is 16.2. The van der Waals surface area contributed by atoms with Crippen LogP contribution in [0, 0.1) is 0 Å². The number of aromatic nitrogens is 2. The number of nitrogens with one attached hydrogen (secondary N) is 1. The summed E-state index contributed by atoms with van der Waals surface area (Å²) >= 11 is 2.99. The van der Waals surface area contributed by atoms with Gasteiger partial charge in [0.15, 0.2) is 5.16 Å². The van der Waals surface area contributed by atoms with Crippen LogP contribution in [0.25, 0.3) is 15.9 Å². The summed E-state index contributed by atoms with van der Waals surface area (Å²) in [5.41, 5.74) is 3.42. The van der Waals surface area contributed by atoms with Crippen LogP contribution in [0.15, 0.2) is 51.9 Å². The first-order valence-corrected chi connectivity index (χ1v) is 13.7. The molecule has 2 aromatic heterocycles. The summed E-state index contributed by atoms with van der Waals surface area (Å²) in [6.07, 6.45) is 12.4. The lowest BCUT2D eigenvalue weighted by Crippen LogP contribution is -2.27. The average molecular weight is 480 g/mol. The molecular formula is C26H29N3O2S2. The Bertz CT molecular complexity index is 1240. The molecule has 3 aromatic rings. The number of amides is 1. The van der Waals surface area contributed by atoms with Crippen molar-refractivity contribution in [1.29, 1.82) is 0 Å². The van der Waals surface area contributed by atoms with Crippen LogP contribution >= 0.6 is 23.1 Å². The fraction of sp³-hybridized carbons (Fsp3) is 0.423. The van der Waals surface area contributed by atoms with Crippen LogP contribution in [0.4, 0.5) is 0 Å². The highest BCUT2D eigenvalue weighted by molar-refractivity contribution is 7.99. The summed E-state index contributed by atoms with van der Waals surface area (Å²) in [6.45, 7) is 0.667. The summed E-state index contributed by atoms with van der Waals surface area (Å²) in [6, 6.07) is 9.65. The molecule has 0 saturated carbocycles. The van der Waals surface area contributed by atoms with Gasteiger partial charge in [0.25, 0.3) is 5.56 Å². The van der Waals surface area contributed by atoms with Gasteiger partial charge in [-0.2, -0.15) is 0 Å². The molecule has 1 aromatic carbocycles. The molecule has 7 heteroatoms. The maximum Gasteiger partial charge on any atom is 0.267 e. The first-order valence-electron chi connectivity index (χ1n) is 11.9. The van der Waals surface area contributed by atoms with Gasteiger partial charge in [-0.15, -0.1) is 11.3 Å². The Kier molecular flexibility index (Phi) is 6.97. The predicted octanol–water partition coefficient (Wildman–Crippen LogP) is 5.42. The quantitative estimate of drug-likeness (QED) is 0.279. The average Bonchev–Trinajstić information content (AvgIpc) is 3.23. The molecule has 2 aliphatic rings. The summed E-state index contributed by atoms with van der Waals surface area (Å²) in [4.78, 5) is 33.2. The van der Waals surface area contributed by atoms with Crippen molar-refractivity contribution in [3.8, 4) is 5.69 Å². The second kappa shape index (κ2) is 10.3. The Morgan fingerprint density at radius 3 is 2.73 bits per heavy atom. The van der Waals surface area contributed by atoms with E-state index >= 15 is 0 Å². The van der Waals surface area contributed by atoms with Crippen molar-refractivity contribution < 1.29 is 4.79 Å². The number of carbonyl (C=O) groups is 1. The van der Waals surface area contributed by atoms with Crippen molar-refractivity contribution in [2.45, 2.75) is 62.9 Å². The normalized spacial score (nSPS) is 15.8. The van der Waals surface area contributed by atoms with E-state index in [2.05, 4.69) is 11.4 Å². The Balaban J connectivity index is 1.38. The lowest BCUT2D eigenvalue weighted by atomic mass is 9.97. The van der Waals surface area contributed by atoms with Gasteiger partial charge in [-0.3, -0.25) is 14.2 Å². The molecule has 5 nitrogen and oxygen atoms in total. The number of hydrogen-bond donors (Lipinski definition) is 1. The van der Waals surface area contributed by atoms with Crippen LogP contribution in [0.3, 0.4) is 0 Å². The van der Waals surface area contributed by atoms with Gasteiger partial charge in [-0.25, -0.2) is 4.98 Å². The van der Waals surface area contributed by atoms with E-state index in [4.69, 9.17) is 4.98 Å². The molecule has 0 atom stereocenters. The maximum atomic E-state index is 13.7. The minimum absolute atomic E-state index is 0.0160. The minimum Gasteiger partial charge on any atom is -0.355 e. The van der Waals surface area contributed by atoms with Gasteiger partial charge in [0, 0.05) is 11.4 Å². The molecule has 2 aliphatic carbocycles. The maximum absolute atomic E-state index is 13.7. The molecule has 0 aliphatic heterocycles. The highest BCUT2D eigenvalue weighted by Gasteiger charge is 2.23. The molecule has 0 bridgehead atoms. The Labute approximate surface area is 202 Å². The van der Waals surface area contributed by atoms with Crippen LogP contribution in [0.2, 0.25) is 0 Å². The van der Waals surface area contributed by atoms with E-state index in [0.29, 0.717) is 11.7 Å². The number of allylic oxidation sites excluding steroid dienone is 1. The molecule has 0 unspecified atom stereocenters. The summed E-state index contributed by atoms with van der Waals surface area (Å²) in [5, 5.41) is 4.39. The van der Waals surface area contributed by atoms with Crippen LogP contribution < -0.4 is 10.9 Å². The fourth-order valence-corrected chi connectivity index (χ4v) is 6.91. The summed E-state index contributed by atoms with van der Waals surface area (Å²) < 4.78 is 1.69. The monoisotopic (exact) mass is 479 g/mol. The van der Waals surface area contributed by atoms with E-state index in [-0.39, 0.29) is 17.2 Å². The Hall–Kier alpha value is -2.38. The summed E-state index contributed by atoms with van der Waals surface area (Å²) in [7, 11) is 0. The van der Waals surface area contributed by atoms with Crippen molar-refractivity contribution in [2.75, 3.05) is 12.3 Å². The third kappa shape index (κ3) is 4.94. The number of rotatable bonds is 7. The van der Waals surface area contributed by atoms with E-state index in [9.17, 15) is 9.59 Å². The second-order valence-corrected chi connectivity index (χ2v) is 10.8. The standard InChI is InChI=1S/C26H29N3O2S2/c30-22(27-16-15-18-9-3-1-4-10-18)17-32-26-28-24-23(20-13-7-8-14-21(20)33-24)25(31)29(26)19-11-5-2-6-12-19/h2,5-6,9,11-12H,1,3-4,7-8,10,13-17H2,(H,27,30). The van der Waals surface area contributed by atoms with Gasteiger partial charge in [-0.05, 0) is 75.5 Å². The third-order valence-corrected chi connectivity index (χ3v) is 8.58. The van der Waals surface area contributed by atoms with Gasteiger partial charge in [0.2, 0.25) is 5.91 Å². The fourth-order valence-electron chi connectivity index (χ4n) is 4.76. The number of nitrogens with zero attached hydrogens (tertiary/aromatic N) is 2. The summed E-state index contributed by atoms with van der Waals surface area (Å²) in [5.74, 6) is 0.227. The molecular weight excluding hydrogens is 450 g/mol. The zero-order valence-electron chi connectivity index (χ0n) is 18.8. The van der Waals surface area contributed by atoms with Crippen LogP contribution in [-0.2, 0) is 17.6 Å². The van der Waals surface area contributed by atoms with Crippen LogP contribution in [0.5, 0.6) is 0 Å². The lowest BCUT2D eigenvalue weighted by Gasteiger charge is -2.14. The number of thioether (sulfide) groups is 1. The second-order valence-electron chi connectivity index (χ2n) is 8.76. The molecule has 0 saturated heterocycles. The number of fused-ring (bicyclic) bond motifs is 3. The van der Waals surface area contributed by atoms with Gasteiger partial charge in [0.05, 0.1) is 16.8 Å². The van der Waals surface area contributed by atoms with E-state index in [1.165, 1.54) is 47.0 Å². The first kappa shape index (κ1) is 22.4. The third-order valence-electron chi connectivity index (χ3n) is 6.46. The van der Waals surface area contributed by atoms with Crippen LogP contribution in [0.1, 0.15) is 55.4 Å². The predicted molar refractivity (Wildman–Crippen MR) is 137 cm³/mol. The smallest absolute Gasteiger partial charge is 0.267 e. The van der Waals surface area contributed by atoms with Gasteiger partial charge >= 0.3 is 0 Å². The molecule has 2 heterocycles. The molecule has 172 valence electrons. The van der Waals surface area contributed by atoms with E-state index in [0.717, 1.165) is 54.4 Å². The molecule has 0 radical (unpaired) electrons. The number of para-hydroxylation sites is 1. The number of thiophene rings is 1. The molecule has 33 heavy (non-hydrogen) atoms. The van der Waals surface area contributed by atoms with Crippen molar-refractivity contribution >= 4 is 39.2 Å². The molecule has 1 N–H and O–H groups in total. The van der Waals surface area contributed by atoms with E-state index < -0.39 is 0 Å². The topological polar surface area (TPSA) is 64.0 Å². The molecule has 0 spiro atoms. The van der Waals surface area contributed by atoms with Gasteiger partial charge in [-0.1, -0.05) is 41.6 Å². The van der Waals surface area contributed by atoms with E-state index in [1.54, 1.807) is 15.9 Å². The minimum atomic E-state index is -0.0177. The lowest BCUT2D eigenvalue weighted by molar-refractivity contribution is -0.118. The number of aryl methyl sites for hydroxylation is 2.